The van der Waals surface area contributed by atoms with Crippen LogP contribution in [0, 0.1) is 0 Å². The summed E-state index contributed by atoms with van der Waals surface area (Å²) in [5.41, 5.74) is -0.431. The van der Waals surface area contributed by atoms with Gasteiger partial charge in [-0.05, 0) is 12.5 Å². The number of hydrogen-bond acceptors (Lipinski definition) is 5. The van der Waals surface area contributed by atoms with Gasteiger partial charge >= 0.3 is 5.69 Å². The Labute approximate surface area is 108 Å². The Kier molecular flexibility index (Phi) is 4.38. The van der Waals surface area contributed by atoms with Gasteiger partial charge in [0, 0.05) is 25.4 Å². The van der Waals surface area contributed by atoms with Crippen LogP contribution in [0.1, 0.15) is 12.2 Å². The number of rotatable bonds is 6. The van der Waals surface area contributed by atoms with Crippen LogP contribution in [-0.2, 0) is 17.8 Å². The van der Waals surface area contributed by atoms with Crippen molar-refractivity contribution in [3.8, 4) is 0 Å². The molecule has 0 bridgehead atoms. The SMILES string of the molecule is O=C(Cn1cccnc1=O)NCCCc1ncn[nH]1. The Morgan fingerprint density at radius 3 is 3.05 bits per heavy atom. The van der Waals surface area contributed by atoms with Crippen molar-refractivity contribution in [3.05, 3.63) is 41.1 Å². The average Bonchev–Trinajstić information content (AvgIpc) is 2.91. The van der Waals surface area contributed by atoms with E-state index in [0.717, 1.165) is 12.2 Å². The lowest BCUT2D eigenvalue weighted by Crippen LogP contribution is -2.33. The van der Waals surface area contributed by atoms with Crippen molar-refractivity contribution in [1.29, 1.82) is 0 Å². The van der Waals surface area contributed by atoms with E-state index in [1.807, 2.05) is 0 Å². The maximum Gasteiger partial charge on any atom is 0.347 e. The van der Waals surface area contributed by atoms with Gasteiger partial charge in [-0.2, -0.15) is 5.10 Å². The predicted octanol–water partition coefficient (Wildman–Crippen LogP) is -0.890. The number of aryl methyl sites for hydroxylation is 1. The van der Waals surface area contributed by atoms with Crippen molar-refractivity contribution < 1.29 is 4.79 Å². The molecule has 2 heterocycles. The van der Waals surface area contributed by atoms with Crippen LogP contribution in [-0.4, -0.2) is 37.2 Å². The van der Waals surface area contributed by atoms with E-state index in [4.69, 9.17) is 0 Å². The molecule has 19 heavy (non-hydrogen) atoms. The minimum atomic E-state index is -0.431. The Morgan fingerprint density at radius 1 is 1.42 bits per heavy atom. The Morgan fingerprint density at radius 2 is 2.32 bits per heavy atom. The molecule has 0 aliphatic carbocycles. The van der Waals surface area contributed by atoms with Crippen LogP contribution in [0.5, 0.6) is 0 Å². The summed E-state index contributed by atoms with van der Waals surface area (Å²) in [6.07, 6.45) is 5.84. The molecule has 2 N–H and O–H groups in total. The van der Waals surface area contributed by atoms with Gasteiger partial charge in [0.1, 0.15) is 18.7 Å². The van der Waals surface area contributed by atoms with E-state index in [1.54, 1.807) is 6.07 Å². The smallest absolute Gasteiger partial charge is 0.347 e. The van der Waals surface area contributed by atoms with E-state index in [9.17, 15) is 9.59 Å². The molecule has 2 rings (SSSR count). The van der Waals surface area contributed by atoms with Crippen molar-refractivity contribution in [2.75, 3.05) is 6.54 Å². The fourth-order valence-electron chi connectivity index (χ4n) is 1.55. The average molecular weight is 262 g/mol. The lowest BCUT2D eigenvalue weighted by Gasteiger charge is -2.05. The first-order valence-electron chi connectivity index (χ1n) is 5.88. The number of aromatic nitrogens is 5. The molecule has 0 unspecified atom stereocenters. The highest BCUT2D eigenvalue weighted by molar-refractivity contribution is 5.75. The fraction of sp³-hybridized carbons (Fsp3) is 0.364. The summed E-state index contributed by atoms with van der Waals surface area (Å²) in [6.45, 7) is 0.503. The molecule has 0 fully saturated rings. The summed E-state index contributed by atoms with van der Waals surface area (Å²) in [7, 11) is 0. The molecule has 0 saturated carbocycles. The lowest BCUT2D eigenvalue weighted by atomic mass is 10.3. The van der Waals surface area contributed by atoms with Gasteiger partial charge in [0.25, 0.3) is 0 Å². The maximum atomic E-state index is 11.6. The molecule has 2 aromatic rings. The summed E-state index contributed by atoms with van der Waals surface area (Å²) < 4.78 is 1.26. The minimum absolute atomic E-state index is 0.0189. The number of carbonyl (C=O) groups excluding carboxylic acids is 1. The molecule has 0 spiro atoms. The summed E-state index contributed by atoms with van der Waals surface area (Å²) in [5, 5.41) is 9.21. The van der Waals surface area contributed by atoms with Crippen LogP contribution in [0.3, 0.4) is 0 Å². The molecule has 0 aliphatic heterocycles. The van der Waals surface area contributed by atoms with Crippen molar-refractivity contribution in [2.45, 2.75) is 19.4 Å². The number of amides is 1. The van der Waals surface area contributed by atoms with Crippen molar-refractivity contribution >= 4 is 5.91 Å². The van der Waals surface area contributed by atoms with Crippen LogP contribution in [0.15, 0.2) is 29.6 Å². The highest BCUT2D eigenvalue weighted by atomic mass is 16.2. The summed E-state index contributed by atoms with van der Waals surface area (Å²) in [4.78, 5) is 30.4. The molecular weight excluding hydrogens is 248 g/mol. The fourth-order valence-corrected chi connectivity index (χ4v) is 1.55. The summed E-state index contributed by atoms with van der Waals surface area (Å²) >= 11 is 0. The molecule has 8 nitrogen and oxygen atoms in total. The molecule has 0 saturated heterocycles. The van der Waals surface area contributed by atoms with Crippen molar-refractivity contribution in [2.24, 2.45) is 0 Å². The quantitative estimate of drug-likeness (QED) is 0.657. The standard InChI is InChI=1S/C11H14N6O2/c18-10(7-17-6-2-5-13-11(17)19)12-4-1-3-9-14-8-15-16-9/h2,5-6,8H,1,3-4,7H2,(H,12,18)(H,14,15,16). The van der Waals surface area contributed by atoms with Gasteiger partial charge in [0.2, 0.25) is 5.91 Å². The third-order valence-electron chi connectivity index (χ3n) is 2.47. The molecule has 0 radical (unpaired) electrons. The van der Waals surface area contributed by atoms with Gasteiger partial charge < -0.3 is 5.32 Å². The second-order valence-electron chi connectivity index (χ2n) is 3.92. The predicted molar refractivity (Wildman–Crippen MR) is 66.2 cm³/mol. The van der Waals surface area contributed by atoms with Crippen molar-refractivity contribution in [3.63, 3.8) is 0 Å². The normalized spacial score (nSPS) is 10.3. The molecule has 8 heteroatoms. The zero-order valence-corrected chi connectivity index (χ0v) is 10.2. The highest BCUT2D eigenvalue weighted by Crippen LogP contribution is 1.91. The second-order valence-corrected chi connectivity index (χ2v) is 3.92. The number of carbonyl (C=O) groups is 1. The number of hydrogen-bond donors (Lipinski definition) is 2. The van der Waals surface area contributed by atoms with E-state index < -0.39 is 5.69 Å². The number of H-pyrrole nitrogens is 1. The topological polar surface area (TPSA) is 106 Å². The third kappa shape index (κ3) is 4.02. The molecule has 0 aromatic carbocycles. The first-order chi connectivity index (χ1) is 9.25. The van der Waals surface area contributed by atoms with Gasteiger partial charge in [-0.25, -0.2) is 14.8 Å². The van der Waals surface area contributed by atoms with Crippen LogP contribution >= 0.6 is 0 Å². The molecule has 2 aromatic heterocycles. The Bertz CT molecular complexity index is 577. The van der Waals surface area contributed by atoms with E-state index >= 15 is 0 Å². The maximum absolute atomic E-state index is 11.6. The van der Waals surface area contributed by atoms with Crippen LogP contribution < -0.4 is 11.0 Å². The molecule has 100 valence electrons. The second kappa shape index (κ2) is 6.43. The lowest BCUT2D eigenvalue weighted by molar-refractivity contribution is -0.121. The summed E-state index contributed by atoms with van der Waals surface area (Å²) in [5.74, 6) is 0.574. The molecule has 0 aliphatic rings. The number of nitrogens with zero attached hydrogens (tertiary/aromatic N) is 4. The van der Waals surface area contributed by atoms with Crippen LogP contribution in [0.25, 0.3) is 0 Å². The Hall–Kier alpha value is -2.51. The number of nitrogens with one attached hydrogen (secondary N) is 2. The highest BCUT2D eigenvalue weighted by Gasteiger charge is 2.04. The molecule has 1 amide bonds. The van der Waals surface area contributed by atoms with Crippen LogP contribution in [0.2, 0.25) is 0 Å². The van der Waals surface area contributed by atoms with Gasteiger partial charge in [0.05, 0.1) is 0 Å². The van der Waals surface area contributed by atoms with E-state index in [0.29, 0.717) is 13.0 Å². The zero-order valence-electron chi connectivity index (χ0n) is 10.2. The van der Waals surface area contributed by atoms with E-state index in [-0.39, 0.29) is 12.5 Å². The number of aromatic amines is 1. The first-order valence-corrected chi connectivity index (χ1v) is 5.88. The summed E-state index contributed by atoms with van der Waals surface area (Å²) in [6, 6.07) is 1.61. The minimum Gasteiger partial charge on any atom is -0.355 e. The van der Waals surface area contributed by atoms with E-state index in [1.165, 1.54) is 23.3 Å². The molecule has 0 atom stereocenters. The van der Waals surface area contributed by atoms with Crippen molar-refractivity contribution in [1.82, 2.24) is 30.0 Å². The Balaban J connectivity index is 1.70. The first kappa shape index (κ1) is 12.9. The van der Waals surface area contributed by atoms with Gasteiger partial charge in [-0.3, -0.25) is 14.5 Å². The van der Waals surface area contributed by atoms with E-state index in [2.05, 4.69) is 25.5 Å². The monoisotopic (exact) mass is 262 g/mol. The zero-order chi connectivity index (χ0) is 13.5. The molecular formula is C11H14N6O2. The largest absolute Gasteiger partial charge is 0.355 e. The van der Waals surface area contributed by atoms with Gasteiger partial charge in [-0.15, -0.1) is 0 Å². The van der Waals surface area contributed by atoms with Crippen LogP contribution in [0.4, 0.5) is 0 Å². The van der Waals surface area contributed by atoms with Gasteiger partial charge in [0.15, 0.2) is 0 Å². The van der Waals surface area contributed by atoms with Gasteiger partial charge in [-0.1, -0.05) is 0 Å². The third-order valence-corrected chi connectivity index (χ3v) is 2.47.